The second-order valence-electron chi connectivity index (χ2n) is 6.18. The van der Waals surface area contributed by atoms with Crippen LogP contribution in [0, 0.1) is 6.92 Å². The molecule has 1 N–H and O–H groups in total. The smallest absolute Gasteiger partial charge is 0.274 e. The Labute approximate surface area is 162 Å². The lowest BCUT2D eigenvalue weighted by Crippen LogP contribution is -2.26. The van der Waals surface area contributed by atoms with E-state index in [0.717, 1.165) is 16.9 Å². The summed E-state index contributed by atoms with van der Waals surface area (Å²) in [5.41, 5.74) is 2.12. The van der Waals surface area contributed by atoms with Gasteiger partial charge in [-0.1, -0.05) is 29.8 Å². The van der Waals surface area contributed by atoms with E-state index in [0.29, 0.717) is 17.1 Å². The van der Waals surface area contributed by atoms with Gasteiger partial charge in [-0.05, 0) is 54.4 Å². The van der Waals surface area contributed by atoms with Crippen LogP contribution in [0.4, 0.5) is 5.69 Å². The lowest BCUT2D eigenvalue weighted by Gasteiger charge is -2.12. The molecule has 0 radical (unpaired) electrons. The first-order valence-corrected chi connectivity index (χ1v) is 8.75. The number of hydrogen-bond donors (Lipinski definition) is 1. The maximum Gasteiger partial charge on any atom is 0.274 e. The van der Waals surface area contributed by atoms with Crippen LogP contribution in [0.3, 0.4) is 0 Å². The maximum absolute atomic E-state index is 12.8. The van der Waals surface area contributed by atoms with E-state index in [1.807, 2.05) is 31.2 Å². The van der Waals surface area contributed by atoms with Gasteiger partial charge in [0.2, 0.25) is 0 Å². The Balaban J connectivity index is 1.89. The molecule has 1 amide bonds. The van der Waals surface area contributed by atoms with Crippen molar-refractivity contribution in [2.75, 3.05) is 12.4 Å². The zero-order chi connectivity index (χ0) is 19.4. The molecule has 27 heavy (non-hydrogen) atoms. The second kappa shape index (κ2) is 8.10. The first-order chi connectivity index (χ1) is 13.0. The molecule has 1 aromatic heterocycles. The molecule has 0 unspecified atom stereocenters. The standard InChI is InChI=1S/C21H19ClN2O3/c1-14-9-19(23-20(25)16-6-4-7-17(22)11-16)21(26)24(12-14)13-15-5-3-8-18(10-15)27-2/h3-12H,13H2,1-2H3,(H,23,25). The van der Waals surface area contributed by atoms with Crippen molar-refractivity contribution >= 4 is 23.2 Å². The summed E-state index contributed by atoms with van der Waals surface area (Å²) in [6.07, 6.45) is 1.76. The molecule has 5 nitrogen and oxygen atoms in total. The Morgan fingerprint density at radius 1 is 1.15 bits per heavy atom. The molecular weight excluding hydrogens is 364 g/mol. The molecule has 0 aliphatic heterocycles. The van der Waals surface area contributed by atoms with E-state index in [1.54, 1.807) is 48.2 Å². The number of carbonyl (C=O) groups is 1. The van der Waals surface area contributed by atoms with Gasteiger partial charge in [0, 0.05) is 16.8 Å². The molecule has 0 fully saturated rings. The van der Waals surface area contributed by atoms with E-state index >= 15 is 0 Å². The van der Waals surface area contributed by atoms with Gasteiger partial charge in [-0.3, -0.25) is 9.59 Å². The molecule has 0 aliphatic carbocycles. The Morgan fingerprint density at radius 3 is 2.67 bits per heavy atom. The number of carbonyl (C=O) groups excluding carboxylic acids is 1. The molecule has 6 heteroatoms. The van der Waals surface area contributed by atoms with Crippen LogP contribution in [0.5, 0.6) is 5.75 Å². The number of amides is 1. The minimum Gasteiger partial charge on any atom is -0.497 e. The molecule has 0 saturated carbocycles. The quantitative estimate of drug-likeness (QED) is 0.722. The van der Waals surface area contributed by atoms with Gasteiger partial charge in [0.1, 0.15) is 11.4 Å². The van der Waals surface area contributed by atoms with Crippen LogP contribution in [0.25, 0.3) is 0 Å². The first kappa shape index (κ1) is 18.7. The van der Waals surface area contributed by atoms with Crippen molar-refractivity contribution < 1.29 is 9.53 Å². The lowest BCUT2D eigenvalue weighted by molar-refractivity contribution is 0.102. The maximum atomic E-state index is 12.8. The molecule has 3 rings (SSSR count). The largest absolute Gasteiger partial charge is 0.497 e. The summed E-state index contributed by atoms with van der Waals surface area (Å²) in [6.45, 7) is 2.24. The molecule has 138 valence electrons. The van der Waals surface area contributed by atoms with Crippen molar-refractivity contribution in [2.45, 2.75) is 13.5 Å². The highest BCUT2D eigenvalue weighted by molar-refractivity contribution is 6.31. The first-order valence-electron chi connectivity index (χ1n) is 8.37. The number of methoxy groups -OCH3 is 1. The molecule has 0 saturated heterocycles. The van der Waals surface area contributed by atoms with E-state index in [1.165, 1.54) is 0 Å². The van der Waals surface area contributed by atoms with E-state index < -0.39 is 0 Å². The average Bonchev–Trinajstić information content (AvgIpc) is 2.65. The minimum absolute atomic E-state index is 0.225. The van der Waals surface area contributed by atoms with E-state index in [-0.39, 0.29) is 17.2 Å². The van der Waals surface area contributed by atoms with Gasteiger partial charge in [0.25, 0.3) is 11.5 Å². The van der Waals surface area contributed by atoms with Crippen molar-refractivity contribution in [1.82, 2.24) is 4.57 Å². The van der Waals surface area contributed by atoms with Crippen LogP contribution in [0.2, 0.25) is 5.02 Å². The predicted octanol–water partition coefficient (Wildman–Crippen LogP) is 4.12. The van der Waals surface area contributed by atoms with Crippen LogP contribution in [-0.4, -0.2) is 17.6 Å². The Kier molecular flexibility index (Phi) is 5.62. The highest BCUT2D eigenvalue weighted by Crippen LogP contribution is 2.15. The Morgan fingerprint density at radius 2 is 1.93 bits per heavy atom. The summed E-state index contributed by atoms with van der Waals surface area (Å²) in [4.78, 5) is 25.3. The van der Waals surface area contributed by atoms with Gasteiger partial charge < -0.3 is 14.6 Å². The summed E-state index contributed by atoms with van der Waals surface area (Å²) in [6, 6.07) is 15.7. The monoisotopic (exact) mass is 382 g/mol. The summed E-state index contributed by atoms with van der Waals surface area (Å²) >= 11 is 5.93. The second-order valence-corrected chi connectivity index (χ2v) is 6.62. The Bertz CT molecular complexity index is 1040. The molecule has 0 spiro atoms. The zero-order valence-electron chi connectivity index (χ0n) is 15.0. The third-order valence-electron chi connectivity index (χ3n) is 4.04. The highest BCUT2D eigenvalue weighted by Gasteiger charge is 2.12. The van der Waals surface area contributed by atoms with Crippen LogP contribution < -0.4 is 15.6 Å². The number of aryl methyl sites for hydroxylation is 1. The van der Waals surface area contributed by atoms with Crippen molar-refractivity contribution in [3.05, 3.63) is 92.9 Å². The highest BCUT2D eigenvalue weighted by atomic mass is 35.5. The number of pyridine rings is 1. The van der Waals surface area contributed by atoms with Gasteiger partial charge >= 0.3 is 0 Å². The van der Waals surface area contributed by atoms with Crippen LogP contribution in [0.15, 0.2) is 65.6 Å². The number of nitrogens with one attached hydrogen (secondary N) is 1. The fraction of sp³-hybridized carbons (Fsp3) is 0.143. The number of anilines is 1. The lowest BCUT2D eigenvalue weighted by atomic mass is 10.2. The van der Waals surface area contributed by atoms with Gasteiger partial charge in [-0.25, -0.2) is 0 Å². The summed E-state index contributed by atoms with van der Waals surface area (Å²) in [7, 11) is 1.60. The summed E-state index contributed by atoms with van der Waals surface area (Å²) < 4.78 is 6.79. The fourth-order valence-electron chi connectivity index (χ4n) is 2.78. The third kappa shape index (κ3) is 4.57. The van der Waals surface area contributed by atoms with Crippen molar-refractivity contribution in [1.29, 1.82) is 0 Å². The molecule has 0 atom stereocenters. The van der Waals surface area contributed by atoms with Gasteiger partial charge in [-0.15, -0.1) is 0 Å². The molecule has 0 bridgehead atoms. The molecule has 3 aromatic rings. The van der Waals surface area contributed by atoms with Crippen LogP contribution in [0.1, 0.15) is 21.5 Å². The van der Waals surface area contributed by atoms with E-state index in [9.17, 15) is 9.59 Å². The molecule has 1 heterocycles. The number of benzene rings is 2. The number of hydrogen-bond acceptors (Lipinski definition) is 3. The van der Waals surface area contributed by atoms with E-state index in [4.69, 9.17) is 16.3 Å². The average molecular weight is 383 g/mol. The van der Waals surface area contributed by atoms with Crippen LogP contribution in [-0.2, 0) is 6.54 Å². The molecule has 0 aliphatic rings. The predicted molar refractivity (Wildman–Crippen MR) is 107 cm³/mol. The normalized spacial score (nSPS) is 10.5. The number of halogens is 1. The molecule has 2 aromatic carbocycles. The van der Waals surface area contributed by atoms with Gasteiger partial charge in [-0.2, -0.15) is 0 Å². The summed E-state index contributed by atoms with van der Waals surface area (Å²) in [5, 5.41) is 3.15. The Hall–Kier alpha value is -3.05. The summed E-state index contributed by atoms with van der Waals surface area (Å²) in [5.74, 6) is 0.343. The number of ether oxygens (including phenoxy) is 1. The van der Waals surface area contributed by atoms with Crippen LogP contribution >= 0.6 is 11.6 Å². The number of nitrogens with zero attached hydrogens (tertiary/aromatic N) is 1. The number of aromatic nitrogens is 1. The van der Waals surface area contributed by atoms with Gasteiger partial charge in [0.05, 0.1) is 13.7 Å². The minimum atomic E-state index is -0.381. The van der Waals surface area contributed by atoms with Gasteiger partial charge in [0.15, 0.2) is 0 Å². The topological polar surface area (TPSA) is 60.3 Å². The third-order valence-corrected chi connectivity index (χ3v) is 4.28. The van der Waals surface area contributed by atoms with Crippen molar-refractivity contribution in [3.8, 4) is 5.75 Å². The van der Waals surface area contributed by atoms with Crippen molar-refractivity contribution in [3.63, 3.8) is 0 Å². The van der Waals surface area contributed by atoms with E-state index in [2.05, 4.69) is 5.32 Å². The fourth-order valence-corrected chi connectivity index (χ4v) is 2.97. The SMILES string of the molecule is COc1cccc(Cn2cc(C)cc(NC(=O)c3cccc(Cl)c3)c2=O)c1. The number of rotatable bonds is 5. The van der Waals surface area contributed by atoms with Crippen molar-refractivity contribution in [2.24, 2.45) is 0 Å². The molecular formula is C21H19ClN2O3. The zero-order valence-corrected chi connectivity index (χ0v) is 15.8.